The van der Waals surface area contributed by atoms with E-state index in [0.717, 1.165) is 18.6 Å². The molecule has 1 aliphatic rings. The van der Waals surface area contributed by atoms with Gasteiger partial charge < -0.3 is 10.1 Å². The maximum absolute atomic E-state index is 13.6. The van der Waals surface area contributed by atoms with E-state index in [1.165, 1.54) is 17.5 Å². The molecular weight excluding hydrogens is 347 g/mol. The van der Waals surface area contributed by atoms with Crippen molar-refractivity contribution < 1.29 is 22.3 Å². The number of ether oxygens (including phenoxy) is 1. The number of methoxy groups -OCH3 is 1. The van der Waals surface area contributed by atoms with Crippen LogP contribution in [0.15, 0.2) is 23.1 Å². The van der Waals surface area contributed by atoms with Crippen LogP contribution in [0.1, 0.15) is 33.1 Å². The Labute approximate surface area is 148 Å². The van der Waals surface area contributed by atoms with Crippen LogP contribution in [0, 0.1) is 11.7 Å². The van der Waals surface area contributed by atoms with Gasteiger partial charge in [-0.25, -0.2) is 12.8 Å². The van der Waals surface area contributed by atoms with Gasteiger partial charge >= 0.3 is 0 Å². The minimum absolute atomic E-state index is 0.0443. The molecule has 0 saturated carbocycles. The Morgan fingerprint density at radius 1 is 1.48 bits per heavy atom. The average Bonchev–Trinajstić information content (AvgIpc) is 2.61. The van der Waals surface area contributed by atoms with Gasteiger partial charge in [-0.15, -0.1) is 0 Å². The van der Waals surface area contributed by atoms with Gasteiger partial charge in [0.05, 0.1) is 13.0 Å². The van der Waals surface area contributed by atoms with E-state index >= 15 is 0 Å². The average molecular weight is 372 g/mol. The number of hydrogen-bond acceptors (Lipinski definition) is 4. The number of benzene rings is 1. The maximum atomic E-state index is 13.6. The molecule has 6 nitrogen and oxygen atoms in total. The molecule has 1 saturated heterocycles. The summed E-state index contributed by atoms with van der Waals surface area (Å²) in [5, 5.41) is 2.90. The van der Waals surface area contributed by atoms with Gasteiger partial charge in [-0.2, -0.15) is 4.31 Å². The second kappa shape index (κ2) is 8.14. The van der Waals surface area contributed by atoms with E-state index in [0.29, 0.717) is 19.4 Å². The largest absolute Gasteiger partial charge is 0.495 e. The van der Waals surface area contributed by atoms with Crippen molar-refractivity contribution in [2.75, 3.05) is 20.2 Å². The van der Waals surface area contributed by atoms with Crippen molar-refractivity contribution in [3.05, 3.63) is 24.0 Å². The Kier molecular flexibility index (Phi) is 6.40. The Morgan fingerprint density at radius 3 is 2.84 bits per heavy atom. The highest BCUT2D eigenvalue weighted by molar-refractivity contribution is 7.89. The molecule has 1 aliphatic heterocycles. The molecule has 2 rings (SSSR count). The second-order valence-corrected chi connectivity index (χ2v) is 8.22. The third-order valence-corrected chi connectivity index (χ3v) is 6.39. The fraction of sp³-hybridized carbons (Fsp3) is 0.588. The highest BCUT2D eigenvalue weighted by Crippen LogP contribution is 2.30. The molecule has 0 radical (unpaired) electrons. The molecule has 140 valence electrons. The van der Waals surface area contributed by atoms with Crippen molar-refractivity contribution in [2.24, 2.45) is 5.92 Å². The van der Waals surface area contributed by atoms with Crippen LogP contribution in [0.2, 0.25) is 0 Å². The van der Waals surface area contributed by atoms with E-state index < -0.39 is 21.8 Å². The van der Waals surface area contributed by atoms with Crippen molar-refractivity contribution in [1.29, 1.82) is 0 Å². The monoisotopic (exact) mass is 372 g/mol. The third kappa shape index (κ3) is 4.49. The molecule has 0 spiro atoms. The molecule has 25 heavy (non-hydrogen) atoms. The van der Waals surface area contributed by atoms with Crippen molar-refractivity contribution in [1.82, 2.24) is 9.62 Å². The van der Waals surface area contributed by atoms with Crippen LogP contribution in [-0.2, 0) is 14.8 Å². The van der Waals surface area contributed by atoms with E-state index in [4.69, 9.17) is 4.74 Å². The van der Waals surface area contributed by atoms with Crippen molar-refractivity contribution >= 4 is 15.9 Å². The first kappa shape index (κ1) is 19.7. The lowest BCUT2D eigenvalue weighted by Gasteiger charge is -2.32. The standard InChI is InChI=1S/C17H25FN2O4S/c1-4-12(2)19-17(21)13-6-5-9-20(11-13)25(22,23)16-10-14(18)7-8-15(16)24-3/h7-8,10,12-13H,4-6,9,11H2,1-3H3,(H,19,21)/t12-,13+/m1/s1. The lowest BCUT2D eigenvalue weighted by atomic mass is 9.98. The molecule has 1 heterocycles. The Morgan fingerprint density at radius 2 is 2.20 bits per heavy atom. The molecule has 8 heteroatoms. The molecule has 1 aromatic rings. The third-order valence-electron chi connectivity index (χ3n) is 4.50. The minimum atomic E-state index is -3.94. The Balaban J connectivity index is 2.22. The van der Waals surface area contributed by atoms with E-state index in [2.05, 4.69) is 5.32 Å². The van der Waals surface area contributed by atoms with Crippen LogP contribution in [0.3, 0.4) is 0 Å². The van der Waals surface area contributed by atoms with Crippen LogP contribution < -0.4 is 10.1 Å². The summed E-state index contributed by atoms with van der Waals surface area (Å²) in [6.45, 7) is 4.27. The highest BCUT2D eigenvalue weighted by Gasteiger charge is 2.35. The second-order valence-electron chi connectivity index (χ2n) is 6.32. The van der Waals surface area contributed by atoms with E-state index in [1.807, 2.05) is 13.8 Å². The SMILES string of the molecule is CC[C@@H](C)NC(=O)[C@H]1CCCN(S(=O)(=O)c2cc(F)ccc2OC)C1. The summed E-state index contributed by atoms with van der Waals surface area (Å²) in [5.41, 5.74) is 0. The summed E-state index contributed by atoms with van der Waals surface area (Å²) in [5.74, 6) is -1.10. The first-order chi connectivity index (χ1) is 11.8. The molecule has 0 aromatic heterocycles. The number of nitrogens with one attached hydrogen (secondary N) is 1. The summed E-state index contributed by atoms with van der Waals surface area (Å²) >= 11 is 0. The molecule has 1 fully saturated rings. The maximum Gasteiger partial charge on any atom is 0.246 e. The smallest absolute Gasteiger partial charge is 0.246 e. The molecular formula is C17H25FN2O4S. The zero-order chi connectivity index (χ0) is 18.6. The molecule has 0 bridgehead atoms. The fourth-order valence-corrected chi connectivity index (χ4v) is 4.52. The topological polar surface area (TPSA) is 75.7 Å². The van der Waals surface area contributed by atoms with Crippen LogP contribution in [0.5, 0.6) is 5.75 Å². The molecule has 0 unspecified atom stereocenters. The number of halogens is 1. The summed E-state index contributed by atoms with van der Waals surface area (Å²) < 4.78 is 45.7. The lowest BCUT2D eigenvalue weighted by molar-refractivity contribution is -0.126. The molecule has 2 atom stereocenters. The molecule has 1 amide bonds. The van der Waals surface area contributed by atoms with E-state index in [9.17, 15) is 17.6 Å². The number of hydrogen-bond donors (Lipinski definition) is 1. The lowest BCUT2D eigenvalue weighted by Crippen LogP contribution is -2.47. The molecule has 1 N–H and O–H groups in total. The van der Waals surface area contributed by atoms with Gasteiger partial charge in [0.15, 0.2) is 0 Å². The van der Waals surface area contributed by atoms with Crippen LogP contribution in [0.4, 0.5) is 4.39 Å². The van der Waals surface area contributed by atoms with Gasteiger partial charge in [-0.1, -0.05) is 6.92 Å². The Hall–Kier alpha value is -1.67. The van der Waals surface area contributed by atoms with Gasteiger partial charge in [-0.3, -0.25) is 4.79 Å². The minimum Gasteiger partial charge on any atom is -0.495 e. The number of rotatable bonds is 6. The summed E-state index contributed by atoms with van der Waals surface area (Å²) in [6.07, 6.45) is 2.02. The van der Waals surface area contributed by atoms with Gasteiger partial charge in [0.25, 0.3) is 0 Å². The summed E-state index contributed by atoms with van der Waals surface area (Å²) in [6, 6.07) is 3.44. The molecule has 1 aromatic carbocycles. The number of sulfonamides is 1. The first-order valence-corrected chi connectivity index (χ1v) is 9.87. The highest BCUT2D eigenvalue weighted by atomic mass is 32.2. The zero-order valence-corrected chi connectivity index (χ0v) is 15.6. The summed E-state index contributed by atoms with van der Waals surface area (Å²) in [7, 11) is -2.60. The van der Waals surface area contributed by atoms with Crippen molar-refractivity contribution in [3.63, 3.8) is 0 Å². The fourth-order valence-electron chi connectivity index (χ4n) is 2.83. The predicted octanol–water partition coefficient (Wildman–Crippen LogP) is 2.15. The van der Waals surface area contributed by atoms with Crippen LogP contribution in [-0.4, -0.2) is 44.9 Å². The van der Waals surface area contributed by atoms with E-state index in [1.54, 1.807) is 0 Å². The number of carbonyl (C=O) groups excluding carboxylic acids is 1. The number of amides is 1. The number of carbonyl (C=O) groups is 1. The van der Waals surface area contributed by atoms with E-state index in [-0.39, 0.29) is 29.1 Å². The van der Waals surface area contributed by atoms with Gasteiger partial charge in [-0.05, 0) is 44.4 Å². The number of piperidine rings is 1. The van der Waals surface area contributed by atoms with Crippen LogP contribution >= 0.6 is 0 Å². The van der Waals surface area contributed by atoms with Gasteiger partial charge in [0.1, 0.15) is 16.5 Å². The Bertz CT molecular complexity index is 723. The number of nitrogens with zero attached hydrogens (tertiary/aromatic N) is 1. The predicted molar refractivity (Wildman–Crippen MR) is 92.3 cm³/mol. The quantitative estimate of drug-likeness (QED) is 0.830. The molecule has 0 aliphatic carbocycles. The van der Waals surface area contributed by atoms with Gasteiger partial charge in [0, 0.05) is 19.1 Å². The normalized spacial score (nSPS) is 20.1. The zero-order valence-electron chi connectivity index (χ0n) is 14.8. The first-order valence-electron chi connectivity index (χ1n) is 8.43. The van der Waals surface area contributed by atoms with Crippen LogP contribution in [0.25, 0.3) is 0 Å². The van der Waals surface area contributed by atoms with Crippen molar-refractivity contribution in [3.8, 4) is 5.75 Å². The van der Waals surface area contributed by atoms with Gasteiger partial charge in [0.2, 0.25) is 15.9 Å². The summed E-state index contributed by atoms with van der Waals surface area (Å²) in [4.78, 5) is 12.1. The van der Waals surface area contributed by atoms with Crippen molar-refractivity contribution in [2.45, 2.75) is 44.0 Å².